The van der Waals surface area contributed by atoms with Gasteiger partial charge in [-0.1, -0.05) is 23.2 Å². The molecule has 1 fully saturated rings. The predicted octanol–water partition coefficient (Wildman–Crippen LogP) is 4.09. The Balaban J connectivity index is 1.70. The number of carbonyl (C=O) groups is 1. The van der Waals surface area contributed by atoms with Crippen LogP contribution in [-0.2, 0) is 9.53 Å². The molecule has 3 atom stereocenters. The van der Waals surface area contributed by atoms with E-state index >= 15 is 0 Å². The third kappa shape index (κ3) is 6.99. The Hall–Kier alpha value is -0.460. The van der Waals surface area contributed by atoms with E-state index in [1.165, 1.54) is 11.8 Å². The van der Waals surface area contributed by atoms with Crippen LogP contribution in [0.2, 0.25) is 10.0 Å². The zero-order valence-corrected chi connectivity index (χ0v) is 17.3. The van der Waals surface area contributed by atoms with E-state index in [1.54, 1.807) is 18.2 Å². The van der Waals surface area contributed by atoms with Crippen molar-refractivity contribution in [1.82, 2.24) is 10.2 Å². The molecule has 2 rings (SSSR count). The zero-order valence-electron chi connectivity index (χ0n) is 14.9. The van der Waals surface area contributed by atoms with E-state index in [-0.39, 0.29) is 23.4 Å². The number of hydrogen-bond donors (Lipinski definition) is 1. The van der Waals surface area contributed by atoms with Gasteiger partial charge in [-0.3, -0.25) is 9.69 Å². The van der Waals surface area contributed by atoms with Crippen LogP contribution in [0.1, 0.15) is 27.2 Å². The lowest BCUT2D eigenvalue weighted by Gasteiger charge is -2.35. The number of ether oxygens (including phenoxy) is 1. The predicted molar refractivity (Wildman–Crippen MR) is 106 cm³/mol. The largest absolute Gasteiger partial charge is 0.373 e. The minimum Gasteiger partial charge on any atom is -0.373 e. The highest BCUT2D eigenvalue weighted by molar-refractivity contribution is 8.00. The van der Waals surface area contributed by atoms with Crippen molar-refractivity contribution in [1.29, 1.82) is 0 Å². The van der Waals surface area contributed by atoms with Gasteiger partial charge in [0.15, 0.2) is 0 Å². The van der Waals surface area contributed by atoms with Gasteiger partial charge < -0.3 is 10.1 Å². The van der Waals surface area contributed by atoms with E-state index in [0.29, 0.717) is 16.6 Å². The molecule has 1 amide bonds. The Morgan fingerprint density at radius 3 is 2.72 bits per heavy atom. The Morgan fingerprint density at radius 2 is 2.04 bits per heavy atom. The second kappa shape index (κ2) is 10.0. The Morgan fingerprint density at radius 1 is 1.36 bits per heavy atom. The fraction of sp³-hybridized carbons (Fsp3) is 0.611. The van der Waals surface area contributed by atoms with Crippen molar-refractivity contribution in [2.24, 2.45) is 0 Å². The summed E-state index contributed by atoms with van der Waals surface area (Å²) in [7, 11) is 0. The van der Waals surface area contributed by atoms with Gasteiger partial charge in [0.25, 0.3) is 0 Å². The lowest BCUT2D eigenvalue weighted by molar-refractivity contribution is -0.120. The first-order valence-electron chi connectivity index (χ1n) is 8.62. The van der Waals surface area contributed by atoms with Crippen molar-refractivity contribution in [3.8, 4) is 0 Å². The number of carbonyl (C=O) groups excluding carboxylic acids is 1. The topological polar surface area (TPSA) is 41.6 Å². The van der Waals surface area contributed by atoms with Crippen LogP contribution in [0.3, 0.4) is 0 Å². The Bertz CT molecular complexity index is 578. The standard InChI is InChI=1S/C18H26Cl2N2O2S/c1-12-10-22(11-13(2)24-12)8-4-7-21-18(23)14(3)25-17-9-15(19)5-6-16(17)20/h5-6,9,12-14H,4,7-8,10-11H2,1-3H3,(H,21,23). The lowest BCUT2D eigenvalue weighted by Crippen LogP contribution is -2.46. The minimum absolute atomic E-state index is 0.0183. The molecule has 3 unspecified atom stereocenters. The van der Waals surface area contributed by atoms with Crippen LogP contribution in [0.5, 0.6) is 0 Å². The molecule has 1 saturated heterocycles. The molecule has 1 N–H and O–H groups in total. The molecule has 1 aromatic rings. The SMILES string of the molecule is CC1CN(CCCNC(=O)C(C)Sc2cc(Cl)ccc2Cl)CC(C)O1. The third-order valence-corrected chi connectivity index (χ3v) is 5.85. The summed E-state index contributed by atoms with van der Waals surface area (Å²) in [4.78, 5) is 15.5. The van der Waals surface area contributed by atoms with E-state index in [4.69, 9.17) is 27.9 Å². The number of amides is 1. The van der Waals surface area contributed by atoms with Gasteiger partial charge in [0.2, 0.25) is 5.91 Å². The average Bonchev–Trinajstić information content (AvgIpc) is 2.54. The number of halogens is 2. The lowest BCUT2D eigenvalue weighted by atomic mass is 10.2. The summed E-state index contributed by atoms with van der Waals surface area (Å²) in [5.41, 5.74) is 0. The van der Waals surface area contributed by atoms with Crippen LogP contribution in [0, 0.1) is 0 Å². The van der Waals surface area contributed by atoms with Crippen LogP contribution in [0.15, 0.2) is 23.1 Å². The highest BCUT2D eigenvalue weighted by Gasteiger charge is 2.21. The summed E-state index contributed by atoms with van der Waals surface area (Å²) in [6.07, 6.45) is 1.48. The molecule has 1 aromatic carbocycles. The molecule has 4 nitrogen and oxygen atoms in total. The average molecular weight is 405 g/mol. The fourth-order valence-corrected chi connectivity index (χ4v) is 4.37. The molecule has 7 heteroatoms. The number of morpholine rings is 1. The van der Waals surface area contributed by atoms with Gasteiger partial charge >= 0.3 is 0 Å². The normalized spacial score (nSPS) is 22.6. The van der Waals surface area contributed by atoms with Gasteiger partial charge in [-0.15, -0.1) is 11.8 Å². The van der Waals surface area contributed by atoms with Crippen molar-refractivity contribution in [3.05, 3.63) is 28.2 Å². The molecule has 0 saturated carbocycles. The van der Waals surface area contributed by atoms with Crippen molar-refractivity contribution in [2.45, 2.75) is 49.5 Å². The van der Waals surface area contributed by atoms with Gasteiger partial charge in [-0.2, -0.15) is 0 Å². The maximum Gasteiger partial charge on any atom is 0.233 e. The monoisotopic (exact) mass is 404 g/mol. The number of hydrogen-bond acceptors (Lipinski definition) is 4. The van der Waals surface area contributed by atoms with E-state index < -0.39 is 0 Å². The number of nitrogens with one attached hydrogen (secondary N) is 1. The van der Waals surface area contributed by atoms with Crippen molar-refractivity contribution < 1.29 is 9.53 Å². The Labute approximate surface area is 164 Å². The van der Waals surface area contributed by atoms with E-state index in [1.807, 2.05) is 6.92 Å². The maximum atomic E-state index is 12.3. The first-order valence-corrected chi connectivity index (χ1v) is 10.3. The summed E-state index contributed by atoms with van der Waals surface area (Å²) in [6.45, 7) is 9.64. The second-order valence-electron chi connectivity index (χ2n) is 6.50. The minimum atomic E-state index is -0.223. The molecule has 0 radical (unpaired) electrons. The molecule has 0 aromatic heterocycles. The van der Waals surface area contributed by atoms with E-state index in [2.05, 4.69) is 24.1 Å². The quantitative estimate of drug-likeness (QED) is 0.548. The molecule has 1 aliphatic rings. The van der Waals surface area contributed by atoms with Gasteiger partial charge in [0, 0.05) is 36.1 Å². The second-order valence-corrected chi connectivity index (χ2v) is 8.72. The molecule has 0 bridgehead atoms. The van der Waals surface area contributed by atoms with Crippen molar-refractivity contribution in [3.63, 3.8) is 0 Å². The van der Waals surface area contributed by atoms with Gasteiger partial charge in [0.05, 0.1) is 22.5 Å². The maximum absolute atomic E-state index is 12.3. The van der Waals surface area contributed by atoms with Gasteiger partial charge in [-0.05, 0) is 45.4 Å². The van der Waals surface area contributed by atoms with Crippen molar-refractivity contribution >= 4 is 40.9 Å². The number of rotatable bonds is 7. The van der Waals surface area contributed by atoms with Gasteiger partial charge in [-0.25, -0.2) is 0 Å². The van der Waals surface area contributed by atoms with Crippen LogP contribution in [0.4, 0.5) is 0 Å². The number of nitrogens with zero attached hydrogens (tertiary/aromatic N) is 1. The molecule has 1 aliphatic heterocycles. The summed E-state index contributed by atoms with van der Waals surface area (Å²) in [6, 6.07) is 5.28. The smallest absolute Gasteiger partial charge is 0.233 e. The Kier molecular flexibility index (Phi) is 8.36. The number of benzene rings is 1. The molecule has 140 valence electrons. The molecule has 0 aliphatic carbocycles. The molecule has 0 spiro atoms. The molecular formula is C18H26Cl2N2O2S. The van der Waals surface area contributed by atoms with Crippen molar-refractivity contribution in [2.75, 3.05) is 26.2 Å². The van der Waals surface area contributed by atoms with Crippen LogP contribution >= 0.6 is 35.0 Å². The van der Waals surface area contributed by atoms with E-state index in [9.17, 15) is 4.79 Å². The van der Waals surface area contributed by atoms with E-state index in [0.717, 1.165) is 31.0 Å². The van der Waals surface area contributed by atoms with Crippen LogP contribution < -0.4 is 5.32 Å². The highest BCUT2D eigenvalue weighted by Crippen LogP contribution is 2.32. The summed E-state index contributed by atoms with van der Waals surface area (Å²) < 4.78 is 5.73. The molecular weight excluding hydrogens is 379 g/mol. The number of thioether (sulfide) groups is 1. The summed E-state index contributed by atoms with van der Waals surface area (Å²) >= 11 is 13.6. The third-order valence-electron chi connectivity index (χ3n) is 4.01. The highest BCUT2D eigenvalue weighted by atomic mass is 35.5. The summed E-state index contributed by atoms with van der Waals surface area (Å²) in [5.74, 6) is 0.0183. The zero-order chi connectivity index (χ0) is 18.4. The van der Waals surface area contributed by atoms with Crippen LogP contribution in [-0.4, -0.2) is 54.4 Å². The molecule has 25 heavy (non-hydrogen) atoms. The summed E-state index contributed by atoms with van der Waals surface area (Å²) in [5, 5.41) is 4.02. The first-order chi connectivity index (χ1) is 11.8. The first kappa shape index (κ1) is 20.8. The van der Waals surface area contributed by atoms with Crippen LogP contribution in [0.25, 0.3) is 0 Å². The molecule has 1 heterocycles. The van der Waals surface area contributed by atoms with Gasteiger partial charge in [0.1, 0.15) is 0 Å². The fourth-order valence-electron chi connectivity index (χ4n) is 2.94.